The van der Waals surface area contributed by atoms with Crippen LogP contribution in [0.5, 0.6) is 0 Å². The van der Waals surface area contributed by atoms with E-state index in [-0.39, 0.29) is 13.2 Å². The van der Waals surface area contributed by atoms with Crippen LogP contribution in [0.25, 0.3) is 0 Å². The number of aliphatic hydroxyl groups excluding tert-OH is 1. The second-order valence-corrected chi connectivity index (χ2v) is 3.76. The molecule has 1 amide bonds. The van der Waals surface area contributed by atoms with E-state index in [2.05, 4.69) is 5.32 Å². The molecule has 0 aromatic rings. The van der Waals surface area contributed by atoms with Crippen molar-refractivity contribution >= 4 is 6.09 Å². The van der Waals surface area contributed by atoms with E-state index in [0.29, 0.717) is 0 Å². The van der Waals surface area contributed by atoms with Crippen LogP contribution in [0.4, 0.5) is 4.79 Å². The number of hydrogen-bond donors (Lipinski definition) is 3. The van der Waals surface area contributed by atoms with Gasteiger partial charge in [-0.3, -0.25) is 0 Å². The molecule has 0 bridgehead atoms. The van der Waals surface area contributed by atoms with Gasteiger partial charge in [-0.1, -0.05) is 0 Å². The van der Waals surface area contributed by atoms with Gasteiger partial charge in [-0.05, 0) is 20.8 Å². The second-order valence-electron chi connectivity index (χ2n) is 3.76. The monoisotopic (exact) mass is 190 g/mol. The fraction of sp³-hybridized carbons (Fsp3) is 0.875. The predicted octanol–water partition coefficient (Wildman–Crippen LogP) is -0.169. The zero-order valence-corrected chi connectivity index (χ0v) is 8.33. The molecule has 0 aliphatic carbocycles. The number of alkyl carbamates (subject to hydrolysis) is 1. The van der Waals surface area contributed by atoms with Gasteiger partial charge < -0.3 is 20.9 Å². The highest BCUT2D eigenvalue weighted by Gasteiger charge is 2.18. The molecule has 13 heavy (non-hydrogen) atoms. The van der Waals surface area contributed by atoms with Crippen molar-refractivity contribution < 1.29 is 14.6 Å². The van der Waals surface area contributed by atoms with Crippen molar-refractivity contribution in [2.75, 3.05) is 13.2 Å². The summed E-state index contributed by atoms with van der Waals surface area (Å²) in [5.41, 5.74) is 4.74. The largest absolute Gasteiger partial charge is 0.444 e. The summed E-state index contributed by atoms with van der Waals surface area (Å²) in [5, 5.41) is 11.2. The quantitative estimate of drug-likeness (QED) is 0.577. The van der Waals surface area contributed by atoms with Crippen LogP contribution in [-0.2, 0) is 4.74 Å². The standard InChI is InChI=1S/C8H18N2O3/c1-8(2,3)13-7(12)10-6(4-9)5-11/h6,11H,4-5,9H2,1-3H3,(H,10,12)/t6-/m1/s1. The SMILES string of the molecule is CC(C)(C)OC(=O)N[C@H](CN)CO. The molecule has 0 saturated heterocycles. The summed E-state index contributed by atoms with van der Waals surface area (Å²) in [6, 6.07) is -0.435. The van der Waals surface area contributed by atoms with Gasteiger partial charge >= 0.3 is 6.09 Å². The first kappa shape index (κ1) is 12.2. The second kappa shape index (κ2) is 5.04. The number of carbonyl (C=O) groups is 1. The van der Waals surface area contributed by atoms with Crippen molar-refractivity contribution in [2.24, 2.45) is 5.73 Å². The molecule has 0 rings (SSSR count). The van der Waals surface area contributed by atoms with Crippen LogP contribution in [0, 0.1) is 0 Å². The van der Waals surface area contributed by atoms with Crippen LogP contribution >= 0.6 is 0 Å². The van der Waals surface area contributed by atoms with E-state index >= 15 is 0 Å². The summed E-state index contributed by atoms with van der Waals surface area (Å²) < 4.78 is 4.96. The predicted molar refractivity (Wildman–Crippen MR) is 49.3 cm³/mol. The summed E-state index contributed by atoms with van der Waals surface area (Å²) in [5.74, 6) is 0. The normalized spacial score (nSPS) is 13.6. The van der Waals surface area contributed by atoms with Crippen LogP contribution < -0.4 is 11.1 Å². The molecular formula is C8H18N2O3. The number of nitrogens with two attached hydrogens (primary N) is 1. The molecule has 0 aliphatic rings. The molecule has 0 aromatic carbocycles. The van der Waals surface area contributed by atoms with E-state index in [4.69, 9.17) is 15.6 Å². The van der Waals surface area contributed by atoms with E-state index in [1.165, 1.54) is 0 Å². The lowest BCUT2D eigenvalue weighted by Crippen LogP contribution is -2.44. The molecule has 0 spiro atoms. The maximum absolute atomic E-state index is 11.1. The van der Waals surface area contributed by atoms with Gasteiger partial charge in [0.15, 0.2) is 0 Å². The van der Waals surface area contributed by atoms with Crippen molar-refractivity contribution in [3.05, 3.63) is 0 Å². The van der Waals surface area contributed by atoms with Crippen molar-refractivity contribution in [1.82, 2.24) is 5.32 Å². The van der Waals surface area contributed by atoms with Gasteiger partial charge in [-0.25, -0.2) is 4.79 Å². The maximum Gasteiger partial charge on any atom is 0.407 e. The molecule has 0 fully saturated rings. The average Bonchev–Trinajstić information content (AvgIpc) is 1.96. The highest BCUT2D eigenvalue weighted by molar-refractivity contribution is 5.68. The molecule has 0 unspecified atom stereocenters. The van der Waals surface area contributed by atoms with E-state index in [1.807, 2.05) is 0 Å². The molecule has 78 valence electrons. The molecule has 5 nitrogen and oxygen atoms in total. The van der Waals surface area contributed by atoms with Gasteiger partial charge in [-0.2, -0.15) is 0 Å². The number of amides is 1. The number of rotatable bonds is 3. The molecule has 5 heteroatoms. The number of aliphatic hydroxyl groups is 1. The summed E-state index contributed by atoms with van der Waals surface area (Å²) in [4.78, 5) is 11.1. The Balaban J connectivity index is 3.86. The maximum atomic E-state index is 11.1. The van der Waals surface area contributed by atoms with E-state index in [1.54, 1.807) is 20.8 Å². The lowest BCUT2D eigenvalue weighted by Gasteiger charge is -2.22. The van der Waals surface area contributed by atoms with Crippen molar-refractivity contribution in [3.63, 3.8) is 0 Å². The Kier molecular flexibility index (Phi) is 4.72. The van der Waals surface area contributed by atoms with Gasteiger partial charge in [0.05, 0.1) is 12.6 Å². The first-order chi connectivity index (χ1) is 5.89. The Labute approximate surface area is 78.3 Å². The van der Waals surface area contributed by atoms with E-state index < -0.39 is 17.7 Å². The van der Waals surface area contributed by atoms with Crippen LogP contribution in [0.1, 0.15) is 20.8 Å². The zero-order valence-electron chi connectivity index (χ0n) is 8.33. The zero-order chi connectivity index (χ0) is 10.5. The highest BCUT2D eigenvalue weighted by Crippen LogP contribution is 2.06. The molecule has 4 N–H and O–H groups in total. The third-order valence-corrected chi connectivity index (χ3v) is 1.23. The average molecular weight is 190 g/mol. The number of carbonyl (C=O) groups excluding carboxylic acids is 1. The Morgan fingerprint density at radius 2 is 2.15 bits per heavy atom. The molecule has 0 radical (unpaired) electrons. The summed E-state index contributed by atoms with van der Waals surface area (Å²) in [6.07, 6.45) is -0.558. The van der Waals surface area contributed by atoms with E-state index in [0.717, 1.165) is 0 Å². The van der Waals surface area contributed by atoms with Crippen LogP contribution in [0.2, 0.25) is 0 Å². The smallest absolute Gasteiger partial charge is 0.407 e. The minimum Gasteiger partial charge on any atom is -0.444 e. The van der Waals surface area contributed by atoms with Gasteiger partial charge in [0.2, 0.25) is 0 Å². The van der Waals surface area contributed by atoms with Gasteiger partial charge in [0, 0.05) is 6.54 Å². The minimum absolute atomic E-state index is 0.185. The molecule has 0 saturated carbocycles. The number of nitrogens with one attached hydrogen (secondary N) is 1. The number of ether oxygens (including phenoxy) is 1. The third-order valence-electron chi connectivity index (χ3n) is 1.23. The van der Waals surface area contributed by atoms with Crippen molar-refractivity contribution in [3.8, 4) is 0 Å². The van der Waals surface area contributed by atoms with E-state index in [9.17, 15) is 4.79 Å². The fourth-order valence-electron chi connectivity index (χ4n) is 0.653. The fourth-order valence-corrected chi connectivity index (χ4v) is 0.653. The van der Waals surface area contributed by atoms with Gasteiger partial charge in [0.1, 0.15) is 5.60 Å². The minimum atomic E-state index is -0.558. The topological polar surface area (TPSA) is 84.6 Å². The van der Waals surface area contributed by atoms with Gasteiger partial charge in [0.25, 0.3) is 0 Å². The molecule has 1 atom stereocenters. The molecule has 0 aliphatic heterocycles. The first-order valence-corrected chi connectivity index (χ1v) is 4.19. The first-order valence-electron chi connectivity index (χ1n) is 4.19. The molecule has 0 aromatic heterocycles. The Hall–Kier alpha value is -0.810. The number of hydrogen-bond acceptors (Lipinski definition) is 4. The summed E-state index contributed by atoms with van der Waals surface area (Å²) in [7, 11) is 0. The summed E-state index contributed by atoms with van der Waals surface area (Å²) >= 11 is 0. The van der Waals surface area contributed by atoms with Crippen molar-refractivity contribution in [1.29, 1.82) is 0 Å². The molecule has 0 heterocycles. The highest BCUT2D eigenvalue weighted by atomic mass is 16.6. The lowest BCUT2D eigenvalue weighted by atomic mass is 10.2. The van der Waals surface area contributed by atoms with Crippen LogP contribution in [-0.4, -0.2) is 36.0 Å². The van der Waals surface area contributed by atoms with Crippen LogP contribution in [0.3, 0.4) is 0 Å². The van der Waals surface area contributed by atoms with Crippen LogP contribution in [0.15, 0.2) is 0 Å². The third kappa shape index (κ3) is 6.36. The molecular weight excluding hydrogens is 172 g/mol. The Morgan fingerprint density at radius 3 is 2.46 bits per heavy atom. The Morgan fingerprint density at radius 1 is 1.62 bits per heavy atom. The van der Waals surface area contributed by atoms with Gasteiger partial charge in [-0.15, -0.1) is 0 Å². The lowest BCUT2D eigenvalue weighted by molar-refractivity contribution is 0.0485. The summed E-state index contributed by atoms with van der Waals surface area (Å²) in [6.45, 7) is 5.31. The van der Waals surface area contributed by atoms with Crippen molar-refractivity contribution in [2.45, 2.75) is 32.4 Å². The Bertz CT molecular complexity index is 161.